The molecule has 4 rings (SSSR count). The van der Waals surface area contributed by atoms with E-state index in [2.05, 4.69) is 23.6 Å². The van der Waals surface area contributed by atoms with Gasteiger partial charge >= 0.3 is 0 Å². The van der Waals surface area contributed by atoms with Gasteiger partial charge < -0.3 is 0 Å². The summed E-state index contributed by atoms with van der Waals surface area (Å²) in [5.74, 6) is 0.758. The molecule has 0 fully saturated rings. The van der Waals surface area contributed by atoms with Crippen LogP contribution in [0, 0.1) is 6.92 Å². The van der Waals surface area contributed by atoms with Gasteiger partial charge in [0.2, 0.25) is 0 Å². The number of para-hydroxylation sites is 1. The second-order valence-corrected chi connectivity index (χ2v) is 10.8. The number of benzene rings is 2. The number of pyridine rings is 1. The second kappa shape index (κ2) is 9.41. The molecular weight excluding hydrogens is 454 g/mol. The van der Waals surface area contributed by atoms with Gasteiger partial charge in [-0.1, -0.05) is 44.2 Å². The number of nitrogens with zero attached hydrogens (tertiary/aromatic N) is 2. The van der Waals surface area contributed by atoms with Crippen molar-refractivity contribution >= 4 is 33.1 Å². The van der Waals surface area contributed by atoms with Crippen LogP contribution in [0.15, 0.2) is 87.5 Å². The Morgan fingerprint density at radius 2 is 1.76 bits per heavy atom. The van der Waals surface area contributed by atoms with E-state index in [1.54, 1.807) is 30.5 Å². The van der Waals surface area contributed by atoms with E-state index < -0.39 is 10.0 Å². The van der Waals surface area contributed by atoms with E-state index in [4.69, 9.17) is 0 Å². The van der Waals surface area contributed by atoms with Crippen LogP contribution in [0.4, 0.5) is 5.69 Å². The molecule has 2 aromatic carbocycles. The van der Waals surface area contributed by atoms with Crippen LogP contribution in [0.1, 0.15) is 36.6 Å². The highest BCUT2D eigenvalue weighted by atomic mass is 32.2. The van der Waals surface area contributed by atoms with E-state index in [1.165, 1.54) is 22.2 Å². The van der Waals surface area contributed by atoms with Crippen LogP contribution in [0.3, 0.4) is 0 Å². The maximum Gasteiger partial charge on any atom is 0.261 e. The molecule has 0 unspecified atom stereocenters. The fraction of sp³-hybridized carbons (Fsp3) is 0.200. The van der Waals surface area contributed by atoms with E-state index in [0.717, 1.165) is 16.0 Å². The lowest BCUT2D eigenvalue weighted by molar-refractivity contribution is 0.601. The number of hydrogen-bond donors (Lipinski definition) is 1. The summed E-state index contributed by atoms with van der Waals surface area (Å²) >= 11 is 1.43. The molecule has 2 heterocycles. The lowest BCUT2D eigenvalue weighted by Gasteiger charge is -2.13. The summed E-state index contributed by atoms with van der Waals surface area (Å²) in [4.78, 5) is 18.0. The highest BCUT2D eigenvalue weighted by Crippen LogP contribution is 2.31. The van der Waals surface area contributed by atoms with Crippen LogP contribution in [-0.4, -0.2) is 17.8 Å². The Morgan fingerprint density at radius 3 is 2.48 bits per heavy atom. The number of thioether (sulfide) groups is 1. The molecule has 0 spiro atoms. The molecule has 8 heteroatoms. The molecule has 0 saturated heterocycles. The van der Waals surface area contributed by atoms with Crippen LogP contribution >= 0.6 is 11.8 Å². The van der Waals surface area contributed by atoms with Gasteiger partial charge in [0.05, 0.1) is 16.3 Å². The van der Waals surface area contributed by atoms with Crippen molar-refractivity contribution in [2.24, 2.45) is 0 Å². The van der Waals surface area contributed by atoms with Gasteiger partial charge in [-0.2, -0.15) is 0 Å². The lowest BCUT2D eigenvalue weighted by atomic mass is 10.0. The quantitative estimate of drug-likeness (QED) is 0.368. The highest BCUT2D eigenvalue weighted by molar-refractivity contribution is 7.98. The van der Waals surface area contributed by atoms with Crippen molar-refractivity contribution in [3.63, 3.8) is 0 Å². The predicted molar refractivity (Wildman–Crippen MR) is 134 cm³/mol. The number of hydrogen-bond acceptors (Lipinski definition) is 5. The monoisotopic (exact) mass is 479 g/mol. The minimum absolute atomic E-state index is 0.141. The minimum Gasteiger partial charge on any atom is -0.278 e. The molecular formula is C25H25N3O3S2. The van der Waals surface area contributed by atoms with Gasteiger partial charge in [0, 0.05) is 22.9 Å². The number of aryl methyl sites for hydroxylation is 1. The van der Waals surface area contributed by atoms with Crippen molar-refractivity contribution < 1.29 is 8.42 Å². The first-order chi connectivity index (χ1) is 15.7. The summed E-state index contributed by atoms with van der Waals surface area (Å²) in [6.07, 6.45) is 1.76. The van der Waals surface area contributed by atoms with Crippen LogP contribution in [0.2, 0.25) is 0 Å². The van der Waals surface area contributed by atoms with Gasteiger partial charge in [0.1, 0.15) is 5.65 Å². The number of anilines is 1. The first-order valence-corrected chi connectivity index (χ1v) is 13.0. The first-order valence-electron chi connectivity index (χ1n) is 10.6. The highest BCUT2D eigenvalue weighted by Gasteiger charge is 2.17. The van der Waals surface area contributed by atoms with Crippen LogP contribution < -0.4 is 10.3 Å². The zero-order chi connectivity index (χ0) is 23.6. The zero-order valence-corrected chi connectivity index (χ0v) is 20.3. The van der Waals surface area contributed by atoms with Gasteiger partial charge in [-0.15, -0.1) is 11.8 Å². The zero-order valence-electron chi connectivity index (χ0n) is 18.6. The van der Waals surface area contributed by atoms with Crippen molar-refractivity contribution in [1.82, 2.24) is 9.38 Å². The molecule has 0 aliphatic heterocycles. The molecule has 0 aliphatic carbocycles. The maximum absolute atomic E-state index is 13.0. The summed E-state index contributed by atoms with van der Waals surface area (Å²) in [5, 5.41) is 0. The Balaban J connectivity index is 1.55. The average molecular weight is 480 g/mol. The van der Waals surface area contributed by atoms with Crippen LogP contribution in [0.5, 0.6) is 0 Å². The van der Waals surface area contributed by atoms with Gasteiger partial charge in [-0.05, 0) is 54.3 Å². The van der Waals surface area contributed by atoms with Gasteiger partial charge in [0.25, 0.3) is 15.6 Å². The van der Waals surface area contributed by atoms with Crippen molar-refractivity contribution in [1.29, 1.82) is 0 Å². The smallest absolute Gasteiger partial charge is 0.261 e. The maximum atomic E-state index is 13.0. The van der Waals surface area contributed by atoms with Crippen LogP contribution in [-0.2, 0) is 15.8 Å². The third-order valence-corrected chi connectivity index (χ3v) is 7.71. The number of fused-ring (bicyclic) bond motifs is 1. The predicted octanol–water partition coefficient (Wildman–Crippen LogP) is 5.22. The van der Waals surface area contributed by atoms with Crippen LogP contribution in [0.25, 0.3) is 5.65 Å². The van der Waals surface area contributed by atoms with E-state index in [-0.39, 0.29) is 10.5 Å². The summed E-state index contributed by atoms with van der Waals surface area (Å²) < 4.78 is 30.1. The molecule has 170 valence electrons. The fourth-order valence-electron chi connectivity index (χ4n) is 3.40. The topological polar surface area (TPSA) is 80.5 Å². The van der Waals surface area contributed by atoms with Gasteiger partial charge in [-0.3, -0.25) is 13.9 Å². The summed E-state index contributed by atoms with van der Waals surface area (Å²) in [5.41, 5.74) is 3.63. The molecule has 0 aliphatic rings. The molecule has 1 N–H and O–H groups in total. The van der Waals surface area contributed by atoms with E-state index in [0.29, 0.717) is 28.7 Å². The lowest BCUT2D eigenvalue weighted by Crippen LogP contribution is -2.15. The van der Waals surface area contributed by atoms with Crippen molar-refractivity contribution in [3.8, 4) is 0 Å². The fourth-order valence-corrected chi connectivity index (χ4v) is 5.44. The van der Waals surface area contributed by atoms with Crippen molar-refractivity contribution in [2.45, 2.75) is 42.2 Å². The Labute approximate surface area is 197 Å². The van der Waals surface area contributed by atoms with E-state index in [9.17, 15) is 13.2 Å². The normalized spacial score (nSPS) is 11.8. The molecule has 0 bridgehead atoms. The van der Waals surface area contributed by atoms with Crippen molar-refractivity contribution in [3.05, 3.63) is 100 Å². The average Bonchev–Trinajstić information content (AvgIpc) is 2.79. The first kappa shape index (κ1) is 23.1. The number of nitrogens with one attached hydrogen (secondary N) is 1. The molecule has 0 atom stereocenters. The van der Waals surface area contributed by atoms with Gasteiger partial charge in [-0.25, -0.2) is 13.4 Å². The number of aromatic nitrogens is 2. The third kappa shape index (κ3) is 5.29. The van der Waals surface area contributed by atoms with E-state index in [1.807, 2.05) is 43.3 Å². The SMILES string of the molecule is Cc1ccc2nc(CSc3ccccc3NS(=O)(=O)c3ccc(C(C)C)cc3)cc(=O)n2c1. The standard InChI is InChI=1S/C25H25N3O3S2/c1-17(2)19-9-11-21(12-10-19)33(30,31)27-22-6-4-5-7-23(22)32-16-20-14-25(29)28-15-18(3)8-13-24(28)26-20/h4-15,17,27H,16H2,1-3H3. The molecule has 0 saturated carbocycles. The van der Waals surface area contributed by atoms with E-state index >= 15 is 0 Å². The summed E-state index contributed by atoms with van der Waals surface area (Å²) in [6.45, 7) is 6.05. The number of sulfonamides is 1. The molecule has 0 radical (unpaired) electrons. The Kier molecular flexibility index (Phi) is 6.58. The summed E-state index contributed by atoms with van der Waals surface area (Å²) in [7, 11) is -3.73. The molecule has 6 nitrogen and oxygen atoms in total. The molecule has 0 amide bonds. The van der Waals surface area contributed by atoms with Crippen molar-refractivity contribution in [2.75, 3.05) is 4.72 Å². The second-order valence-electron chi connectivity index (χ2n) is 8.13. The number of rotatable bonds is 7. The Morgan fingerprint density at radius 1 is 1.03 bits per heavy atom. The molecule has 33 heavy (non-hydrogen) atoms. The minimum atomic E-state index is -3.73. The molecule has 2 aromatic heterocycles. The summed E-state index contributed by atoms with van der Waals surface area (Å²) in [6, 6.07) is 19.4. The Hall–Kier alpha value is -3.10. The Bertz CT molecular complexity index is 1460. The molecule has 4 aromatic rings. The van der Waals surface area contributed by atoms with Gasteiger partial charge in [0.15, 0.2) is 0 Å². The third-order valence-electron chi connectivity index (χ3n) is 5.22. The largest absolute Gasteiger partial charge is 0.278 e.